The maximum absolute atomic E-state index is 12.6. The normalized spacial score (nSPS) is 17.8. The summed E-state index contributed by atoms with van der Waals surface area (Å²) in [5, 5.41) is 3.00. The number of carbonyl (C=O) groups excluding carboxylic acids is 2. The zero-order valence-corrected chi connectivity index (χ0v) is 15.0. The summed E-state index contributed by atoms with van der Waals surface area (Å²) in [4.78, 5) is 31.0. The number of amides is 2. The first-order valence-corrected chi connectivity index (χ1v) is 8.68. The average Bonchev–Trinajstić information content (AvgIpc) is 3.11. The molecule has 0 aliphatic carbocycles. The fraction of sp³-hybridized carbons (Fsp3) is 0.350. The molecule has 0 unspecified atom stereocenters. The van der Waals surface area contributed by atoms with Crippen LogP contribution >= 0.6 is 0 Å². The van der Waals surface area contributed by atoms with Crippen LogP contribution in [0.25, 0.3) is 0 Å². The van der Waals surface area contributed by atoms with Crippen molar-refractivity contribution in [1.29, 1.82) is 0 Å². The average molecular weight is 353 g/mol. The molecule has 0 saturated carbocycles. The fourth-order valence-corrected chi connectivity index (χ4v) is 3.14. The lowest BCUT2D eigenvalue weighted by molar-refractivity contribution is -0.132. The van der Waals surface area contributed by atoms with Gasteiger partial charge < -0.3 is 15.0 Å². The van der Waals surface area contributed by atoms with E-state index in [0.29, 0.717) is 18.7 Å². The monoisotopic (exact) mass is 353 g/mol. The van der Waals surface area contributed by atoms with Crippen molar-refractivity contribution in [2.45, 2.75) is 25.5 Å². The first-order valence-electron chi connectivity index (χ1n) is 8.68. The number of pyridine rings is 1. The molecule has 1 aliphatic rings. The molecule has 2 heterocycles. The molecular formula is C20H23N3O3. The zero-order valence-electron chi connectivity index (χ0n) is 15.0. The minimum absolute atomic E-state index is 0.0550. The summed E-state index contributed by atoms with van der Waals surface area (Å²) in [5.74, 6) is -0.240. The Labute approximate surface area is 153 Å². The van der Waals surface area contributed by atoms with Gasteiger partial charge in [-0.05, 0) is 31.0 Å². The molecule has 1 N–H and O–H groups in total. The van der Waals surface area contributed by atoms with Gasteiger partial charge in [0, 0.05) is 38.1 Å². The predicted octanol–water partition coefficient (Wildman–Crippen LogP) is 2.11. The van der Waals surface area contributed by atoms with Crippen LogP contribution in [0.1, 0.15) is 34.1 Å². The molecule has 2 amide bonds. The zero-order chi connectivity index (χ0) is 18.5. The molecule has 1 fully saturated rings. The Morgan fingerprint density at radius 3 is 2.65 bits per heavy atom. The smallest absolute Gasteiger partial charge is 0.255 e. The topological polar surface area (TPSA) is 71.5 Å². The Morgan fingerprint density at radius 2 is 2.00 bits per heavy atom. The van der Waals surface area contributed by atoms with Gasteiger partial charge in [-0.2, -0.15) is 0 Å². The lowest BCUT2D eigenvalue weighted by Crippen LogP contribution is -2.41. The van der Waals surface area contributed by atoms with Crippen LogP contribution in [0.15, 0.2) is 48.7 Å². The van der Waals surface area contributed by atoms with Gasteiger partial charge in [-0.3, -0.25) is 14.6 Å². The van der Waals surface area contributed by atoms with Gasteiger partial charge in [-0.25, -0.2) is 0 Å². The highest BCUT2D eigenvalue weighted by atomic mass is 16.5. The Balaban J connectivity index is 1.59. The minimum atomic E-state index is -0.651. The molecule has 1 aliphatic heterocycles. The summed E-state index contributed by atoms with van der Waals surface area (Å²) in [7, 11) is 1.52. The number of hydrogen-bond acceptors (Lipinski definition) is 4. The van der Waals surface area contributed by atoms with Crippen molar-refractivity contribution < 1.29 is 14.3 Å². The van der Waals surface area contributed by atoms with E-state index in [2.05, 4.69) is 10.3 Å². The van der Waals surface area contributed by atoms with E-state index in [9.17, 15) is 9.59 Å². The maximum Gasteiger partial charge on any atom is 0.255 e. The Hall–Kier alpha value is -2.73. The lowest BCUT2D eigenvalue weighted by atomic mass is 10.1. The van der Waals surface area contributed by atoms with Crippen molar-refractivity contribution in [3.8, 4) is 0 Å². The molecular weight excluding hydrogens is 330 g/mol. The van der Waals surface area contributed by atoms with E-state index >= 15 is 0 Å². The minimum Gasteiger partial charge on any atom is -0.367 e. The molecule has 1 aromatic carbocycles. The highest BCUT2D eigenvalue weighted by Gasteiger charge is 2.30. The molecule has 6 nitrogen and oxygen atoms in total. The third-order valence-electron chi connectivity index (χ3n) is 4.56. The second kappa shape index (κ2) is 8.10. The largest absolute Gasteiger partial charge is 0.367 e. The quantitative estimate of drug-likeness (QED) is 0.894. The van der Waals surface area contributed by atoms with Crippen LogP contribution in [-0.2, 0) is 9.53 Å². The van der Waals surface area contributed by atoms with Gasteiger partial charge in [0.05, 0.1) is 5.56 Å². The SMILES string of the molecule is CO[C@H](C(=O)N[C@@H]1CCN(C(=O)c2ccc(C)nc2)C1)c1ccccc1. The van der Waals surface area contributed by atoms with Gasteiger partial charge in [0.2, 0.25) is 0 Å². The second-order valence-corrected chi connectivity index (χ2v) is 6.46. The number of nitrogens with zero attached hydrogens (tertiary/aromatic N) is 2. The fourth-order valence-electron chi connectivity index (χ4n) is 3.14. The molecule has 26 heavy (non-hydrogen) atoms. The van der Waals surface area contributed by atoms with Crippen molar-refractivity contribution in [1.82, 2.24) is 15.2 Å². The van der Waals surface area contributed by atoms with Crippen LogP contribution in [0.5, 0.6) is 0 Å². The number of methoxy groups -OCH3 is 1. The van der Waals surface area contributed by atoms with Crippen LogP contribution in [0.4, 0.5) is 0 Å². The summed E-state index contributed by atoms with van der Waals surface area (Å²) < 4.78 is 5.36. The van der Waals surface area contributed by atoms with Gasteiger partial charge in [0.15, 0.2) is 6.10 Å². The second-order valence-electron chi connectivity index (χ2n) is 6.46. The van der Waals surface area contributed by atoms with Crippen LogP contribution in [0, 0.1) is 6.92 Å². The Morgan fingerprint density at radius 1 is 1.23 bits per heavy atom. The molecule has 6 heteroatoms. The molecule has 1 saturated heterocycles. The summed E-state index contributed by atoms with van der Waals surface area (Å²) in [6.07, 6.45) is 1.67. The number of benzene rings is 1. The highest BCUT2D eigenvalue weighted by molar-refractivity contribution is 5.94. The molecule has 136 valence electrons. The number of ether oxygens (including phenoxy) is 1. The van der Waals surface area contributed by atoms with Crippen molar-refractivity contribution >= 4 is 11.8 Å². The number of carbonyl (C=O) groups is 2. The molecule has 2 aromatic rings. The number of aromatic nitrogens is 1. The van der Waals surface area contributed by atoms with E-state index in [4.69, 9.17) is 4.74 Å². The van der Waals surface area contributed by atoms with Gasteiger partial charge >= 0.3 is 0 Å². The van der Waals surface area contributed by atoms with Crippen LogP contribution in [-0.4, -0.2) is 47.9 Å². The Bertz CT molecular complexity index is 762. The third-order valence-corrected chi connectivity index (χ3v) is 4.56. The van der Waals surface area contributed by atoms with E-state index < -0.39 is 6.10 Å². The van der Waals surface area contributed by atoms with E-state index in [1.165, 1.54) is 7.11 Å². The molecule has 0 spiro atoms. The predicted molar refractivity (Wildman–Crippen MR) is 97.6 cm³/mol. The van der Waals surface area contributed by atoms with Gasteiger partial charge in [-0.15, -0.1) is 0 Å². The van der Waals surface area contributed by atoms with E-state index in [1.54, 1.807) is 17.2 Å². The maximum atomic E-state index is 12.6. The third kappa shape index (κ3) is 4.08. The summed E-state index contributed by atoms with van der Waals surface area (Å²) in [6, 6.07) is 12.9. The molecule has 1 aromatic heterocycles. The number of rotatable bonds is 5. The Kier molecular flexibility index (Phi) is 5.63. The van der Waals surface area contributed by atoms with E-state index in [-0.39, 0.29) is 17.9 Å². The van der Waals surface area contributed by atoms with Gasteiger partial charge in [0.25, 0.3) is 11.8 Å². The summed E-state index contributed by atoms with van der Waals surface area (Å²) >= 11 is 0. The van der Waals surface area contributed by atoms with Crippen LogP contribution < -0.4 is 5.32 Å². The summed E-state index contributed by atoms with van der Waals surface area (Å²) in [5.41, 5.74) is 2.26. The van der Waals surface area contributed by atoms with E-state index in [0.717, 1.165) is 17.7 Å². The number of hydrogen-bond donors (Lipinski definition) is 1. The van der Waals surface area contributed by atoms with Gasteiger partial charge in [0.1, 0.15) is 0 Å². The highest BCUT2D eigenvalue weighted by Crippen LogP contribution is 2.19. The molecule has 3 rings (SSSR count). The molecule has 0 radical (unpaired) electrons. The number of aryl methyl sites for hydroxylation is 1. The standard InChI is InChI=1S/C20H23N3O3/c1-14-8-9-16(12-21-14)20(25)23-11-10-17(13-23)22-19(24)18(26-2)15-6-4-3-5-7-15/h3-9,12,17-18H,10-11,13H2,1-2H3,(H,22,24)/t17-,18+/m1/s1. The van der Waals surface area contributed by atoms with Crippen molar-refractivity contribution in [3.63, 3.8) is 0 Å². The first kappa shape index (κ1) is 18.1. The van der Waals surface area contributed by atoms with Crippen molar-refractivity contribution in [2.24, 2.45) is 0 Å². The van der Waals surface area contributed by atoms with Crippen LogP contribution in [0.2, 0.25) is 0 Å². The molecule has 2 atom stereocenters. The number of likely N-dealkylation sites (tertiary alicyclic amines) is 1. The van der Waals surface area contributed by atoms with Crippen molar-refractivity contribution in [3.05, 3.63) is 65.5 Å². The van der Waals surface area contributed by atoms with Gasteiger partial charge in [-0.1, -0.05) is 30.3 Å². The van der Waals surface area contributed by atoms with E-state index in [1.807, 2.05) is 43.3 Å². The van der Waals surface area contributed by atoms with Crippen molar-refractivity contribution in [2.75, 3.05) is 20.2 Å². The summed E-state index contributed by atoms with van der Waals surface area (Å²) in [6.45, 7) is 2.99. The molecule has 0 bridgehead atoms. The van der Waals surface area contributed by atoms with Crippen LogP contribution in [0.3, 0.4) is 0 Å². The lowest BCUT2D eigenvalue weighted by Gasteiger charge is -2.20. The first-order chi connectivity index (χ1) is 12.6. The number of nitrogens with one attached hydrogen (secondary N) is 1.